The molecule has 0 aromatic heterocycles. The van der Waals surface area contributed by atoms with Crippen molar-refractivity contribution in [3.63, 3.8) is 0 Å². The van der Waals surface area contributed by atoms with Gasteiger partial charge in [0.25, 0.3) is 0 Å². The second-order valence-corrected chi connectivity index (χ2v) is 4.28. The molecule has 0 aliphatic carbocycles. The van der Waals surface area contributed by atoms with Crippen molar-refractivity contribution in [2.75, 3.05) is 27.2 Å². The maximum atomic E-state index is 11.4. The third-order valence-electron chi connectivity index (χ3n) is 1.64. The van der Waals surface area contributed by atoms with E-state index in [1.54, 1.807) is 9.80 Å². The van der Waals surface area contributed by atoms with Gasteiger partial charge in [-0.1, -0.05) is 12.2 Å². The van der Waals surface area contributed by atoms with Crippen LogP contribution >= 0.6 is 24.2 Å². The van der Waals surface area contributed by atoms with Gasteiger partial charge in [0.15, 0.2) is 4.32 Å². The summed E-state index contributed by atoms with van der Waals surface area (Å²) >= 11 is 6.18. The average Bonchev–Trinajstić information content (AvgIpc) is 2.15. The van der Waals surface area contributed by atoms with E-state index in [1.807, 2.05) is 27.9 Å². The number of hydrogen-bond acceptors (Lipinski definition) is 3. The third-order valence-corrected chi connectivity index (χ3v) is 3.07. The van der Waals surface area contributed by atoms with Gasteiger partial charge in [-0.15, -0.1) is 0 Å². The molecule has 1 N–H and O–H groups in total. The molecule has 0 bridgehead atoms. The van der Waals surface area contributed by atoms with E-state index >= 15 is 0 Å². The van der Waals surface area contributed by atoms with Crippen LogP contribution in [-0.4, -0.2) is 47.3 Å². The van der Waals surface area contributed by atoms with Crippen LogP contribution in [0.4, 0.5) is 4.79 Å². The lowest BCUT2D eigenvalue weighted by molar-refractivity contribution is 0.210. The number of hydrogen-bond donors (Lipinski definition) is 1. The molecule has 0 unspecified atom stereocenters. The van der Waals surface area contributed by atoms with Crippen LogP contribution in [0.3, 0.4) is 0 Å². The van der Waals surface area contributed by atoms with E-state index in [2.05, 4.69) is 4.72 Å². The molecule has 0 aromatic carbocycles. The Hall–Kier alpha value is -0.490. The van der Waals surface area contributed by atoms with Crippen LogP contribution in [-0.2, 0) is 0 Å². The summed E-state index contributed by atoms with van der Waals surface area (Å²) < 4.78 is 3.33. The fourth-order valence-corrected chi connectivity index (χ4v) is 1.37. The van der Waals surface area contributed by atoms with Crippen LogP contribution in [0.25, 0.3) is 0 Å². The molecule has 0 atom stereocenters. The van der Waals surface area contributed by atoms with Crippen molar-refractivity contribution < 1.29 is 4.79 Å². The van der Waals surface area contributed by atoms with Gasteiger partial charge in [0.1, 0.15) is 0 Å². The lowest BCUT2D eigenvalue weighted by Gasteiger charge is -2.19. The minimum Gasteiger partial charge on any atom is -0.362 e. The Morgan fingerprint density at radius 2 is 1.86 bits per heavy atom. The number of amides is 2. The van der Waals surface area contributed by atoms with Gasteiger partial charge < -0.3 is 9.80 Å². The highest BCUT2D eigenvalue weighted by molar-refractivity contribution is 8.21. The topological polar surface area (TPSA) is 35.6 Å². The molecule has 0 aromatic rings. The molecule has 2 amide bonds. The summed E-state index contributed by atoms with van der Waals surface area (Å²) in [6.45, 7) is 5.30. The Kier molecular flexibility index (Phi) is 6.65. The van der Waals surface area contributed by atoms with E-state index in [0.717, 1.165) is 0 Å². The Balaban J connectivity index is 3.89. The van der Waals surface area contributed by atoms with Gasteiger partial charge in [0.2, 0.25) is 0 Å². The van der Waals surface area contributed by atoms with Crippen LogP contribution in [0, 0.1) is 0 Å². The summed E-state index contributed by atoms with van der Waals surface area (Å²) in [4.78, 5) is 14.9. The minimum absolute atomic E-state index is 0.0933. The van der Waals surface area contributed by atoms with Crippen molar-refractivity contribution in [1.82, 2.24) is 14.5 Å². The molecule has 0 aliphatic rings. The zero-order valence-electron chi connectivity index (χ0n) is 9.03. The van der Waals surface area contributed by atoms with Gasteiger partial charge in [-0.25, -0.2) is 4.79 Å². The molecule has 0 rings (SSSR count). The van der Waals surface area contributed by atoms with Crippen molar-refractivity contribution in [2.24, 2.45) is 0 Å². The summed E-state index contributed by atoms with van der Waals surface area (Å²) in [6.07, 6.45) is 0. The molecule has 0 spiro atoms. The Labute approximate surface area is 95.1 Å². The number of nitrogens with zero attached hydrogens (tertiary/aromatic N) is 2. The average molecular weight is 235 g/mol. The predicted molar refractivity (Wildman–Crippen MR) is 65.3 cm³/mol. The highest BCUT2D eigenvalue weighted by atomic mass is 32.2. The minimum atomic E-state index is -0.0933. The van der Waals surface area contributed by atoms with Gasteiger partial charge in [0, 0.05) is 39.1 Å². The van der Waals surface area contributed by atoms with Gasteiger partial charge in [0.05, 0.1) is 0 Å². The van der Waals surface area contributed by atoms with Crippen molar-refractivity contribution in [3.8, 4) is 0 Å². The highest BCUT2D eigenvalue weighted by Gasteiger charge is 2.10. The molecular weight excluding hydrogens is 218 g/mol. The molecular formula is C8H17N3OS2. The fourth-order valence-electron chi connectivity index (χ4n) is 0.754. The second-order valence-electron chi connectivity index (χ2n) is 2.84. The fraction of sp³-hybridized carbons (Fsp3) is 0.750. The van der Waals surface area contributed by atoms with Crippen LogP contribution < -0.4 is 4.72 Å². The quantitative estimate of drug-likeness (QED) is 0.581. The summed E-state index contributed by atoms with van der Waals surface area (Å²) in [6, 6.07) is -0.0933. The maximum Gasteiger partial charge on any atom is 0.327 e. The largest absolute Gasteiger partial charge is 0.362 e. The lowest BCUT2D eigenvalue weighted by Crippen LogP contribution is -2.37. The summed E-state index contributed by atoms with van der Waals surface area (Å²) in [5.41, 5.74) is 0. The first kappa shape index (κ1) is 13.5. The normalized spacial score (nSPS) is 9.43. The molecule has 4 nitrogen and oxygen atoms in total. The summed E-state index contributed by atoms with van der Waals surface area (Å²) in [5.74, 6) is 0. The first-order chi connectivity index (χ1) is 6.52. The van der Waals surface area contributed by atoms with Crippen molar-refractivity contribution in [2.45, 2.75) is 13.8 Å². The Bertz CT molecular complexity index is 205. The molecule has 0 saturated heterocycles. The van der Waals surface area contributed by atoms with Gasteiger partial charge in [-0.3, -0.25) is 4.72 Å². The van der Waals surface area contributed by atoms with E-state index in [1.165, 1.54) is 11.9 Å². The highest BCUT2D eigenvalue weighted by Crippen LogP contribution is 2.02. The van der Waals surface area contributed by atoms with E-state index in [9.17, 15) is 4.79 Å². The van der Waals surface area contributed by atoms with E-state index in [4.69, 9.17) is 12.2 Å². The zero-order chi connectivity index (χ0) is 11.1. The first-order valence-corrected chi connectivity index (χ1v) is 5.68. The number of nitrogens with one attached hydrogen (secondary N) is 1. The summed E-state index contributed by atoms with van der Waals surface area (Å²) in [7, 11) is 3.69. The number of rotatable bonds is 2. The van der Waals surface area contributed by atoms with E-state index in [-0.39, 0.29) is 6.03 Å². The SMILES string of the molecule is CCN(CC)C(=O)NSC(=S)N(C)C. The smallest absolute Gasteiger partial charge is 0.327 e. The number of thiocarbonyl (C=S) groups is 1. The van der Waals surface area contributed by atoms with Crippen LogP contribution in [0.15, 0.2) is 0 Å². The second kappa shape index (κ2) is 6.89. The molecule has 0 radical (unpaired) electrons. The predicted octanol–water partition coefficient (Wildman–Crippen LogP) is 1.53. The number of carbonyl (C=O) groups excluding carboxylic acids is 1. The molecule has 0 aliphatic heterocycles. The Morgan fingerprint density at radius 1 is 1.36 bits per heavy atom. The van der Waals surface area contributed by atoms with Crippen LogP contribution in [0.2, 0.25) is 0 Å². The summed E-state index contributed by atoms with van der Waals surface area (Å²) in [5, 5.41) is 0. The van der Waals surface area contributed by atoms with Crippen molar-refractivity contribution in [3.05, 3.63) is 0 Å². The standard InChI is InChI=1S/C8H17N3OS2/c1-5-11(6-2)7(12)9-14-8(13)10(3)4/h5-6H2,1-4H3,(H,9,12). The Morgan fingerprint density at radius 3 is 2.21 bits per heavy atom. The molecule has 14 heavy (non-hydrogen) atoms. The van der Waals surface area contributed by atoms with Gasteiger partial charge in [-0.2, -0.15) is 0 Å². The lowest BCUT2D eigenvalue weighted by atomic mass is 10.5. The van der Waals surface area contributed by atoms with E-state index < -0.39 is 0 Å². The molecule has 0 heterocycles. The van der Waals surface area contributed by atoms with E-state index in [0.29, 0.717) is 17.4 Å². The molecule has 6 heteroatoms. The maximum absolute atomic E-state index is 11.4. The number of carbonyl (C=O) groups is 1. The first-order valence-electron chi connectivity index (χ1n) is 4.45. The molecule has 0 saturated carbocycles. The van der Waals surface area contributed by atoms with Gasteiger partial charge in [-0.05, 0) is 13.8 Å². The van der Waals surface area contributed by atoms with Crippen molar-refractivity contribution in [1.29, 1.82) is 0 Å². The van der Waals surface area contributed by atoms with Crippen LogP contribution in [0.1, 0.15) is 13.8 Å². The van der Waals surface area contributed by atoms with Crippen molar-refractivity contribution >= 4 is 34.5 Å². The molecule has 82 valence electrons. The van der Waals surface area contributed by atoms with Crippen LogP contribution in [0.5, 0.6) is 0 Å². The number of urea groups is 1. The third kappa shape index (κ3) is 4.66. The monoisotopic (exact) mass is 235 g/mol. The van der Waals surface area contributed by atoms with Gasteiger partial charge >= 0.3 is 6.03 Å². The zero-order valence-corrected chi connectivity index (χ0v) is 10.7. The molecule has 0 fully saturated rings.